The van der Waals surface area contributed by atoms with E-state index in [1.54, 1.807) is 20.8 Å². The van der Waals surface area contributed by atoms with E-state index in [2.05, 4.69) is 25.1 Å². The highest BCUT2D eigenvalue weighted by Gasteiger charge is 2.40. The molecule has 0 spiro atoms. The summed E-state index contributed by atoms with van der Waals surface area (Å²) in [7, 11) is -4.22. The van der Waals surface area contributed by atoms with Gasteiger partial charge in [-0.05, 0) is 31.5 Å². The number of rotatable bonds is 7. The Balaban J connectivity index is 1.76. The van der Waals surface area contributed by atoms with Gasteiger partial charge in [0.05, 0.1) is 12.2 Å². The topological polar surface area (TPSA) is 173 Å². The fourth-order valence-corrected chi connectivity index (χ4v) is 5.82. The van der Waals surface area contributed by atoms with E-state index in [4.69, 9.17) is 21.4 Å². The zero-order chi connectivity index (χ0) is 25.5. The summed E-state index contributed by atoms with van der Waals surface area (Å²) in [5, 5.41) is 18.9. The van der Waals surface area contributed by atoms with Crippen LogP contribution in [0.4, 0.5) is 16.2 Å². The summed E-state index contributed by atoms with van der Waals surface area (Å²) >= 11 is 6.17. The van der Waals surface area contributed by atoms with Crippen LogP contribution in [0.3, 0.4) is 0 Å². The molecule has 2 aromatic heterocycles. The van der Waals surface area contributed by atoms with E-state index in [1.807, 2.05) is 0 Å². The Morgan fingerprint density at radius 3 is 2.74 bits per heavy atom. The SMILES string of the molecule is CCn1cc(S(=O)(=O)N2CC(CC(C)(C)c3noc(=O)[nH]3)Oc3ccc(NC(=O)O)cc32)c(Cl)n1. The summed E-state index contributed by atoms with van der Waals surface area (Å²) in [5.74, 6) is -0.183. The predicted octanol–water partition coefficient (Wildman–Crippen LogP) is 2.65. The van der Waals surface area contributed by atoms with Gasteiger partial charge in [-0.15, -0.1) is 0 Å². The number of anilines is 2. The maximum Gasteiger partial charge on any atom is 0.438 e. The molecule has 0 bridgehead atoms. The number of nitrogens with zero attached hydrogens (tertiary/aromatic N) is 4. The van der Waals surface area contributed by atoms with Crippen molar-refractivity contribution in [3.05, 3.63) is 45.9 Å². The van der Waals surface area contributed by atoms with Crippen molar-refractivity contribution in [1.82, 2.24) is 19.9 Å². The highest BCUT2D eigenvalue weighted by Crippen LogP contribution is 2.41. The number of aromatic amines is 1. The van der Waals surface area contributed by atoms with Crippen LogP contribution in [-0.4, -0.2) is 52.2 Å². The summed E-state index contributed by atoms with van der Waals surface area (Å²) in [6.45, 7) is 5.69. The molecular weight excluding hydrogens is 504 g/mol. The molecule has 1 amide bonds. The second-order valence-corrected chi connectivity index (χ2v) is 10.7. The number of H-pyrrole nitrogens is 1. The standard InChI is InChI=1S/C20H23ClN6O7S/c1-4-26-10-15(16(21)24-26)35(31,32)27-9-12(8-20(2,3)17-23-19(30)34-25-17)33-14-6-5-11(7-13(14)27)22-18(28)29/h5-7,10,12,22H,4,8-9H2,1-3H3,(H,28,29)(H,23,25,30). The van der Waals surface area contributed by atoms with Gasteiger partial charge in [0.1, 0.15) is 16.7 Å². The lowest BCUT2D eigenvalue weighted by molar-refractivity contribution is 0.159. The van der Waals surface area contributed by atoms with Crippen LogP contribution < -0.4 is 20.1 Å². The predicted molar refractivity (Wildman–Crippen MR) is 125 cm³/mol. The average molecular weight is 527 g/mol. The number of aromatic nitrogens is 4. The molecule has 0 saturated carbocycles. The molecule has 0 saturated heterocycles. The van der Waals surface area contributed by atoms with Gasteiger partial charge in [0, 0.05) is 23.8 Å². The van der Waals surface area contributed by atoms with Gasteiger partial charge in [0.15, 0.2) is 11.0 Å². The highest BCUT2D eigenvalue weighted by molar-refractivity contribution is 7.93. The average Bonchev–Trinajstić information content (AvgIpc) is 3.39. The second-order valence-electron chi connectivity index (χ2n) is 8.56. The summed E-state index contributed by atoms with van der Waals surface area (Å²) in [4.78, 5) is 24.9. The molecule has 188 valence electrons. The number of ether oxygens (including phenoxy) is 1. The van der Waals surface area contributed by atoms with Crippen LogP contribution in [0.25, 0.3) is 0 Å². The number of carboxylic acid groups (broad SMARTS) is 1. The monoisotopic (exact) mass is 526 g/mol. The molecule has 1 aromatic carbocycles. The minimum atomic E-state index is -4.22. The minimum Gasteiger partial charge on any atom is -0.486 e. The molecule has 1 unspecified atom stereocenters. The highest BCUT2D eigenvalue weighted by atomic mass is 35.5. The number of hydrogen-bond acceptors (Lipinski definition) is 8. The number of aryl methyl sites for hydroxylation is 1. The maximum absolute atomic E-state index is 13.7. The molecular formula is C20H23ClN6O7S. The first-order valence-electron chi connectivity index (χ1n) is 10.5. The molecule has 1 aliphatic rings. The first-order valence-corrected chi connectivity index (χ1v) is 12.4. The van der Waals surface area contributed by atoms with E-state index in [0.29, 0.717) is 12.4 Å². The van der Waals surface area contributed by atoms with Crippen LogP contribution in [0.1, 0.15) is 33.0 Å². The van der Waals surface area contributed by atoms with Gasteiger partial charge in [-0.1, -0.05) is 30.6 Å². The van der Waals surface area contributed by atoms with Crippen LogP contribution in [-0.2, 0) is 22.0 Å². The van der Waals surface area contributed by atoms with Crippen molar-refractivity contribution in [2.45, 2.75) is 50.2 Å². The lowest BCUT2D eigenvalue weighted by Gasteiger charge is -2.38. The van der Waals surface area contributed by atoms with Crippen molar-refractivity contribution in [3.8, 4) is 5.75 Å². The number of nitrogens with one attached hydrogen (secondary N) is 2. The number of sulfonamides is 1. The maximum atomic E-state index is 13.7. The summed E-state index contributed by atoms with van der Waals surface area (Å²) in [6.07, 6.45) is -0.362. The van der Waals surface area contributed by atoms with Gasteiger partial charge in [-0.25, -0.2) is 18.0 Å². The summed E-state index contributed by atoms with van der Waals surface area (Å²) in [5.41, 5.74) is -0.436. The Labute approximate surface area is 204 Å². The molecule has 0 fully saturated rings. The van der Waals surface area contributed by atoms with Crippen molar-refractivity contribution in [2.24, 2.45) is 0 Å². The number of amides is 1. The van der Waals surface area contributed by atoms with Gasteiger partial charge < -0.3 is 9.84 Å². The molecule has 1 aliphatic heterocycles. The fraction of sp³-hybridized carbons (Fsp3) is 0.400. The zero-order valence-corrected chi connectivity index (χ0v) is 20.6. The lowest BCUT2D eigenvalue weighted by atomic mass is 9.85. The van der Waals surface area contributed by atoms with Crippen LogP contribution in [0, 0.1) is 0 Å². The third kappa shape index (κ3) is 4.84. The molecule has 13 nitrogen and oxygen atoms in total. The molecule has 3 heterocycles. The molecule has 0 radical (unpaired) electrons. The minimum absolute atomic E-state index is 0.120. The van der Waals surface area contributed by atoms with Crippen LogP contribution >= 0.6 is 11.6 Å². The Bertz CT molecular complexity index is 1430. The summed E-state index contributed by atoms with van der Waals surface area (Å²) < 4.78 is 40.7. The van der Waals surface area contributed by atoms with E-state index in [1.165, 1.54) is 29.1 Å². The van der Waals surface area contributed by atoms with Crippen molar-refractivity contribution < 1.29 is 27.6 Å². The van der Waals surface area contributed by atoms with Crippen molar-refractivity contribution >= 4 is 39.1 Å². The Morgan fingerprint density at radius 2 is 2.14 bits per heavy atom. The second kappa shape index (κ2) is 8.92. The quantitative estimate of drug-likeness (QED) is 0.418. The van der Waals surface area contributed by atoms with Gasteiger partial charge in [0.25, 0.3) is 10.0 Å². The molecule has 1 atom stereocenters. The number of hydrogen-bond donors (Lipinski definition) is 3. The van der Waals surface area contributed by atoms with Gasteiger partial charge in [0.2, 0.25) is 0 Å². The van der Waals surface area contributed by atoms with E-state index < -0.39 is 33.4 Å². The van der Waals surface area contributed by atoms with E-state index in [-0.39, 0.29) is 40.1 Å². The smallest absolute Gasteiger partial charge is 0.438 e. The fourth-order valence-electron chi connectivity index (χ4n) is 3.87. The molecule has 4 rings (SSSR count). The van der Waals surface area contributed by atoms with Crippen LogP contribution in [0.5, 0.6) is 5.75 Å². The lowest BCUT2D eigenvalue weighted by Crippen LogP contribution is -2.45. The molecule has 35 heavy (non-hydrogen) atoms. The number of benzene rings is 1. The number of fused-ring (bicyclic) bond motifs is 1. The van der Waals surface area contributed by atoms with E-state index >= 15 is 0 Å². The van der Waals surface area contributed by atoms with Gasteiger partial charge in [-0.2, -0.15) is 5.10 Å². The largest absolute Gasteiger partial charge is 0.486 e. The van der Waals surface area contributed by atoms with Crippen LogP contribution in [0.2, 0.25) is 5.15 Å². The van der Waals surface area contributed by atoms with Crippen molar-refractivity contribution in [3.63, 3.8) is 0 Å². The first kappa shape index (κ1) is 24.6. The molecule has 3 N–H and O–H groups in total. The zero-order valence-electron chi connectivity index (χ0n) is 19.0. The molecule has 0 aliphatic carbocycles. The Hall–Kier alpha value is -3.52. The molecule has 15 heteroatoms. The van der Waals surface area contributed by atoms with Gasteiger partial charge >= 0.3 is 11.8 Å². The Morgan fingerprint density at radius 1 is 1.40 bits per heavy atom. The normalized spacial score (nSPS) is 16.0. The van der Waals surface area contributed by atoms with E-state index in [0.717, 1.165) is 4.31 Å². The first-order chi connectivity index (χ1) is 16.4. The third-order valence-corrected chi connectivity index (χ3v) is 7.71. The summed E-state index contributed by atoms with van der Waals surface area (Å²) in [6, 6.07) is 4.31. The molecule has 3 aromatic rings. The number of carbonyl (C=O) groups is 1. The van der Waals surface area contributed by atoms with Gasteiger partial charge in [-0.3, -0.25) is 23.8 Å². The van der Waals surface area contributed by atoms with Crippen molar-refractivity contribution in [2.75, 3.05) is 16.2 Å². The van der Waals surface area contributed by atoms with Crippen molar-refractivity contribution in [1.29, 1.82) is 0 Å². The number of halogens is 1. The van der Waals surface area contributed by atoms with Crippen LogP contribution in [0.15, 0.2) is 38.6 Å². The third-order valence-electron chi connectivity index (χ3n) is 5.54. The Kier molecular flexibility index (Phi) is 6.27. The van der Waals surface area contributed by atoms with E-state index in [9.17, 15) is 18.0 Å².